The lowest BCUT2D eigenvalue weighted by molar-refractivity contribution is 0.150. The molecule has 0 amide bonds. The van der Waals surface area contributed by atoms with Gasteiger partial charge in [0.05, 0.1) is 0 Å². The van der Waals surface area contributed by atoms with E-state index in [4.69, 9.17) is 0 Å². The fourth-order valence-corrected chi connectivity index (χ4v) is 5.30. The van der Waals surface area contributed by atoms with Gasteiger partial charge in [-0.1, -0.05) is 27.7 Å². The van der Waals surface area contributed by atoms with Gasteiger partial charge < -0.3 is 10.2 Å². The molecule has 134 valence electrons. The fraction of sp³-hybridized carbons (Fsp3) is 1.00. The Morgan fingerprint density at radius 1 is 0.870 bits per heavy atom. The summed E-state index contributed by atoms with van der Waals surface area (Å²) >= 11 is 0. The van der Waals surface area contributed by atoms with E-state index >= 15 is 0 Å². The van der Waals surface area contributed by atoms with Crippen LogP contribution >= 0.6 is 0 Å². The van der Waals surface area contributed by atoms with Crippen molar-refractivity contribution in [2.45, 2.75) is 59.8 Å². The summed E-state index contributed by atoms with van der Waals surface area (Å²) in [4.78, 5) is 2.78. The Morgan fingerprint density at radius 2 is 1.57 bits per heavy atom. The highest BCUT2D eigenvalue weighted by Crippen LogP contribution is 2.44. The minimum absolute atomic E-state index is 0.854. The molecule has 2 heteroatoms. The summed E-state index contributed by atoms with van der Waals surface area (Å²) in [7, 11) is 0. The molecular weight excluding hydrogens is 280 g/mol. The molecule has 0 aromatic carbocycles. The first-order valence-electron chi connectivity index (χ1n) is 10.5. The lowest BCUT2D eigenvalue weighted by atomic mass is 9.83. The summed E-state index contributed by atoms with van der Waals surface area (Å²) < 4.78 is 0. The summed E-state index contributed by atoms with van der Waals surface area (Å²) in [6, 6.07) is 0. The molecule has 23 heavy (non-hydrogen) atoms. The summed E-state index contributed by atoms with van der Waals surface area (Å²) in [5, 5.41) is 3.63. The average Bonchev–Trinajstić information content (AvgIpc) is 3.08. The smallest absolute Gasteiger partial charge is 0.00124 e. The lowest BCUT2D eigenvalue weighted by Gasteiger charge is -2.34. The molecule has 2 aliphatic heterocycles. The third-order valence-corrected chi connectivity index (χ3v) is 7.29. The number of hydrogen-bond donors (Lipinski definition) is 1. The number of nitrogens with one attached hydrogen (secondary N) is 1. The molecule has 3 fully saturated rings. The first-order valence-corrected chi connectivity index (χ1v) is 10.5. The van der Waals surface area contributed by atoms with E-state index < -0.39 is 0 Å². The number of likely N-dealkylation sites (tertiary alicyclic amines) is 1. The molecule has 0 aromatic heterocycles. The van der Waals surface area contributed by atoms with Crippen LogP contribution in [0.2, 0.25) is 0 Å². The second-order valence-corrected chi connectivity index (χ2v) is 9.54. The van der Waals surface area contributed by atoms with E-state index in [-0.39, 0.29) is 0 Å². The van der Waals surface area contributed by atoms with Crippen molar-refractivity contribution in [3.8, 4) is 0 Å². The Hall–Kier alpha value is -0.0800. The van der Waals surface area contributed by atoms with E-state index in [2.05, 4.69) is 37.9 Å². The van der Waals surface area contributed by atoms with Gasteiger partial charge in [0.2, 0.25) is 0 Å². The summed E-state index contributed by atoms with van der Waals surface area (Å²) in [6.07, 6.45) is 7.39. The molecule has 0 radical (unpaired) electrons. The van der Waals surface area contributed by atoms with Gasteiger partial charge in [0, 0.05) is 6.54 Å². The molecule has 4 unspecified atom stereocenters. The fourth-order valence-electron chi connectivity index (χ4n) is 5.30. The zero-order chi connectivity index (χ0) is 16.4. The Labute approximate surface area is 144 Å². The number of nitrogens with zero attached hydrogens (tertiary/aromatic N) is 1. The van der Waals surface area contributed by atoms with Crippen molar-refractivity contribution in [3.63, 3.8) is 0 Å². The molecule has 2 nitrogen and oxygen atoms in total. The molecule has 4 atom stereocenters. The van der Waals surface area contributed by atoms with Gasteiger partial charge in [-0.25, -0.2) is 0 Å². The first-order chi connectivity index (χ1) is 11.0. The lowest BCUT2D eigenvalue weighted by Crippen LogP contribution is -2.36. The number of hydrogen-bond acceptors (Lipinski definition) is 2. The largest absolute Gasteiger partial charge is 0.316 e. The van der Waals surface area contributed by atoms with Crippen LogP contribution in [0.1, 0.15) is 59.8 Å². The minimum atomic E-state index is 0.854. The van der Waals surface area contributed by atoms with Gasteiger partial charge in [-0.05, 0) is 99.7 Å². The minimum Gasteiger partial charge on any atom is -0.316 e. The molecular formula is C21H40N2. The van der Waals surface area contributed by atoms with Crippen molar-refractivity contribution in [2.75, 3.05) is 32.7 Å². The zero-order valence-electron chi connectivity index (χ0n) is 16.1. The molecule has 0 bridgehead atoms. The molecule has 0 spiro atoms. The normalized spacial score (nSPS) is 36.3. The van der Waals surface area contributed by atoms with E-state index in [0.29, 0.717) is 0 Å². The van der Waals surface area contributed by atoms with Gasteiger partial charge >= 0.3 is 0 Å². The van der Waals surface area contributed by atoms with Crippen LogP contribution in [0.4, 0.5) is 0 Å². The molecule has 2 heterocycles. The molecule has 1 aliphatic carbocycles. The second-order valence-electron chi connectivity index (χ2n) is 9.54. The van der Waals surface area contributed by atoms with Crippen molar-refractivity contribution < 1.29 is 0 Å². The van der Waals surface area contributed by atoms with E-state index in [0.717, 1.165) is 41.4 Å². The maximum atomic E-state index is 3.63. The number of rotatable bonds is 7. The maximum absolute atomic E-state index is 3.63. The summed E-state index contributed by atoms with van der Waals surface area (Å²) in [5.74, 6) is 6.72. The van der Waals surface area contributed by atoms with E-state index in [1.165, 1.54) is 64.8 Å². The highest BCUT2D eigenvalue weighted by Gasteiger charge is 2.39. The van der Waals surface area contributed by atoms with E-state index in [1.54, 1.807) is 0 Å². The molecule has 1 N–H and O–H groups in total. The van der Waals surface area contributed by atoms with Crippen LogP contribution in [0.25, 0.3) is 0 Å². The highest BCUT2D eigenvalue weighted by atomic mass is 15.1. The van der Waals surface area contributed by atoms with Crippen LogP contribution in [0.5, 0.6) is 0 Å². The van der Waals surface area contributed by atoms with Crippen molar-refractivity contribution in [1.29, 1.82) is 0 Å². The molecule has 1 saturated carbocycles. The van der Waals surface area contributed by atoms with Gasteiger partial charge in [0.15, 0.2) is 0 Å². The average molecular weight is 321 g/mol. The Balaban J connectivity index is 1.32. The molecule has 0 aromatic rings. The van der Waals surface area contributed by atoms with Gasteiger partial charge in [-0.3, -0.25) is 0 Å². The van der Waals surface area contributed by atoms with Crippen molar-refractivity contribution in [1.82, 2.24) is 10.2 Å². The Bertz CT molecular complexity index is 357. The monoisotopic (exact) mass is 320 g/mol. The summed E-state index contributed by atoms with van der Waals surface area (Å²) in [6.45, 7) is 16.3. The van der Waals surface area contributed by atoms with Crippen molar-refractivity contribution in [3.05, 3.63) is 0 Å². The molecule has 3 rings (SSSR count). The van der Waals surface area contributed by atoms with Crippen molar-refractivity contribution >= 4 is 0 Å². The maximum Gasteiger partial charge on any atom is 0.00124 e. The van der Waals surface area contributed by atoms with E-state index in [1.807, 2.05) is 0 Å². The van der Waals surface area contributed by atoms with Gasteiger partial charge in [0.1, 0.15) is 0 Å². The van der Waals surface area contributed by atoms with E-state index in [9.17, 15) is 0 Å². The van der Waals surface area contributed by atoms with Crippen LogP contribution in [0.15, 0.2) is 0 Å². The van der Waals surface area contributed by atoms with Crippen molar-refractivity contribution in [2.24, 2.45) is 41.4 Å². The highest BCUT2D eigenvalue weighted by molar-refractivity contribution is 4.91. The van der Waals surface area contributed by atoms with Gasteiger partial charge in [-0.2, -0.15) is 0 Å². The quantitative estimate of drug-likeness (QED) is 0.754. The predicted molar refractivity (Wildman–Crippen MR) is 99.5 cm³/mol. The van der Waals surface area contributed by atoms with Gasteiger partial charge in [-0.15, -0.1) is 0 Å². The third kappa shape index (κ3) is 4.72. The predicted octanol–water partition coefficient (Wildman–Crippen LogP) is 4.26. The molecule has 2 saturated heterocycles. The van der Waals surface area contributed by atoms with Crippen LogP contribution < -0.4 is 5.32 Å². The number of piperidine rings is 1. The zero-order valence-corrected chi connectivity index (χ0v) is 16.1. The molecule has 3 aliphatic rings. The summed E-state index contributed by atoms with van der Waals surface area (Å²) in [5.41, 5.74) is 0. The Morgan fingerprint density at radius 3 is 2.22 bits per heavy atom. The topological polar surface area (TPSA) is 15.3 Å². The van der Waals surface area contributed by atoms with Crippen LogP contribution in [0.3, 0.4) is 0 Å². The van der Waals surface area contributed by atoms with Crippen LogP contribution in [0, 0.1) is 41.4 Å². The van der Waals surface area contributed by atoms with Crippen LogP contribution in [-0.2, 0) is 0 Å². The second kappa shape index (κ2) is 7.87. The first kappa shape index (κ1) is 17.7. The van der Waals surface area contributed by atoms with Crippen LogP contribution in [-0.4, -0.2) is 37.6 Å². The standard InChI is InChI=1S/C21H40N2/c1-15(2)17-7-9-23(10-8-17)14-20-11-18(20)5-6-19-12-22-13-21(19)16(3)4/h15-22H,5-14H2,1-4H3. The third-order valence-electron chi connectivity index (χ3n) is 7.29. The SMILES string of the molecule is CC(C)C1CCN(CC2CC2CCC2CNCC2C(C)C)CC1. The van der Waals surface area contributed by atoms with Gasteiger partial charge in [0.25, 0.3) is 0 Å². The Kier molecular flexibility index (Phi) is 6.07.